The number of rotatable bonds is 8. The van der Waals surface area contributed by atoms with Crippen LogP contribution in [-0.4, -0.2) is 47.0 Å². The summed E-state index contributed by atoms with van der Waals surface area (Å²) in [6.45, 7) is 3.56. The van der Waals surface area contributed by atoms with Crippen LogP contribution in [0.4, 0.5) is 0 Å². The molecule has 21 heavy (non-hydrogen) atoms. The van der Waals surface area contributed by atoms with Crippen LogP contribution in [0.1, 0.15) is 0 Å². The summed E-state index contributed by atoms with van der Waals surface area (Å²) in [5.74, 6) is 0. The van der Waals surface area contributed by atoms with Crippen LogP contribution in [0.5, 0.6) is 0 Å². The average molecular weight is 353 g/mol. The number of hydrogen-bond acceptors (Lipinski definition) is 4. The zero-order valence-corrected chi connectivity index (χ0v) is 13.9. The van der Waals surface area contributed by atoms with Gasteiger partial charge in [-0.15, -0.1) is 6.58 Å². The molecule has 0 aliphatic heterocycles. The molecule has 0 amide bonds. The molecule has 118 valence electrons. The smallest absolute Gasteiger partial charge is 0.212 e. The summed E-state index contributed by atoms with van der Waals surface area (Å²) < 4.78 is 50.4. The van der Waals surface area contributed by atoms with Crippen molar-refractivity contribution in [1.29, 1.82) is 0 Å². The van der Waals surface area contributed by atoms with Crippen molar-refractivity contribution in [2.75, 3.05) is 25.9 Å². The summed E-state index contributed by atoms with van der Waals surface area (Å²) in [5.41, 5.74) is 0. The van der Waals surface area contributed by atoms with Crippen LogP contribution in [0.3, 0.4) is 0 Å². The average Bonchev–Trinajstić information content (AvgIpc) is 2.36. The fourth-order valence-corrected chi connectivity index (χ4v) is 3.68. The van der Waals surface area contributed by atoms with E-state index in [1.807, 2.05) is 0 Å². The fraction of sp³-hybridized carbons (Fsp3) is 0.333. The lowest BCUT2D eigenvalue weighted by atomic mass is 10.4. The highest BCUT2D eigenvalue weighted by Crippen LogP contribution is 2.15. The predicted molar refractivity (Wildman–Crippen MR) is 83.3 cm³/mol. The van der Waals surface area contributed by atoms with Crippen LogP contribution >= 0.6 is 11.6 Å². The molecular formula is C12H17ClN2O4S2. The molecule has 1 aromatic rings. The van der Waals surface area contributed by atoms with Gasteiger partial charge >= 0.3 is 0 Å². The summed E-state index contributed by atoms with van der Waals surface area (Å²) in [5, 5.41) is 0.308. The SMILES string of the molecule is C=CCN(CCNS(=O)(=O)c1cccc(Cl)c1)S(C)(=O)=O. The van der Waals surface area contributed by atoms with Crippen molar-refractivity contribution < 1.29 is 16.8 Å². The van der Waals surface area contributed by atoms with Crippen molar-refractivity contribution in [1.82, 2.24) is 9.03 Å². The lowest BCUT2D eigenvalue weighted by Crippen LogP contribution is -2.38. The highest BCUT2D eigenvalue weighted by molar-refractivity contribution is 7.89. The highest BCUT2D eigenvalue weighted by Gasteiger charge is 2.17. The van der Waals surface area contributed by atoms with Gasteiger partial charge in [-0.25, -0.2) is 21.6 Å². The van der Waals surface area contributed by atoms with E-state index in [0.717, 1.165) is 10.6 Å². The minimum absolute atomic E-state index is 0.0185. The minimum atomic E-state index is -3.72. The standard InChI is InChI=1S/C12H17ClN2O4S2/c1-3-8-15(20(2,16)17)9-7-14-21(18,19)12-6-4-5-11(13)10-12/h3-6,10,14H,1,7-9H2,2H3. The van der Waals surface area contributed by atoms with Gasteiger partial charge in [0, 0.05) is 24.7 Å². The van der Waals surface area contributed by atoms with E-state index in [0.29, 0.717) is 5.02 Å². The molecule has 1 aromatic carbocycles. The largest absolute Gasteiger partial charge is 0.240 e. The molecular weight excluding hydrogens is 336 g/mol. The third kappa shape index (κ3) is 5.76. The molecule has 0 heterocycles. The van der Waals surface area contributed by atoms with E-state index < -0.39 is 20.0 Å². The first-order valence-corrected chi connectivity index (χ1v) is 9.69. The van der Waals surface area contributed by atoms with E-state index in [2.05, 4.69) is 11.3 Å². The Balaban J connectivity index is 2.72. The van der Waals surface area contributed by atoms with Gasteiger partial charge in [0.2, 0.25) is 20.0 Å². The second-order valence-electron chi connectivity index (χ2n) is 4.26. The summed E-state index contributed by atoms with van der Waals surface area (Å²) in [4.78, 5) is 0.0321. The molecule has 1 rings (SSSR count). The first-order valence-electron chi connectivity index (χ1n) is 5.98. The van der Waals surface area contributed by atoms with E-state index in [9.17, 15) is 16.8 Å². The molecule has 0 atom stereocenters. The third-order valence-electron chi connectivity index (χ3n) is 2.56. The molecule has 6 nitrogen and oxygen atoms in total. The molecule has 0 fully saturated rings. The normalized spacial score (nSPS) is 12.5. The van der Waals surface area contributed by atoms with Crippen LogP contribution in [0.2, 0.25) is 5.02 Å². The molecule has 1 N–H and O–H groups in total. The van der Waals surface area contributed by atoms with Crippen molar-refractivity contribution in [3.63, 3.8) is 0 Å². The van der Waals surface area contributed by atoms with Crippen molar-refractivity contribution in [2.24, 2.45) is 0 Å². The van der Waals surface area contributed by atoms with Gasteiger partial charge in [0.25, 0.3) is 0 Å². The number of nitrogens with one attached hydrogen (secondary N) is 1. The second-order valence-corrected chi connectivity index (χ2v) is 8.45. The molecule has 0 bridgehead atoms. The zero-order chi connectivity index (χ0) is 16.1. The minimum Gasteiger partial charge on any atom is -0.212 e. The molecule has 9 heteroatoms. The quantitative estimate of drug-likeness (QED) is 0.709. The van der Waals surface area contributed by atoms with E-state index >= 15 is 0 Å². The van der Waals surface area contributed by atoms with Crippen molar-refractivity contribution in [3.8, 4) is 0 Å². The topological polar surface area (TPSA) is 83.6 Å². The van der Waals surface area contributed by atoms with Crippen LogP contribution in [0.25, 0.3) is 0 Å². The summed E-state index contributed by atoms with van der Waals surface area (Å²) >= 11 is 5.75. The summed E-state index contributed by atoms with van der Waals surface area (Å²) in [7, 11) is -7.13. The van der Waals surface area contributed by atoms with Gasteiger partial charge in [-0.1, -0.05) is 23.7 Å². The van der Waals surface area contributed by atoms with Gasteiger partial charge in [-0.2, -0.15) is 4.31 Å². The van der Waals surface area contributed by atoms with E-state index in [1.165, 1.54) is 24.3 Å². The molecule has 0 unspecified atom stereocenters. The number of benzene rings is 1. The maximum atomic E-state index is 12.0. The lowest BCUT2D eigenvalue weighted by Gasteiger charge is -2.18. The Labute approximate surface area is 130 Å². The Hall–Kier alpha value is -0.930. The van der Waals surface area contributed by atoms with Gasteiger partial charge in [0.05, 0.1) is 11.2 Å². The maximum Gasteiger partial charge on any atom is 0.240 e. The third-order valence-corrected chi connectivity index (χ3v) is 5.52. The van der Waals surface area contributed by atoms with Gasteiger partial charge in [-0.3, -0.25) is 0 Å². The maximum absolute atomic E-state index is 12.0. The van der Waals surface area contributed by atoms with Crippen LogP contribution in [-0.2, 0) is 20.0 Å². The number of nitrogens with zero attached hydrogens (tertiary/aromatic N) is 1. The zero-order valence-electron chi connectivity index (χ0n) is 11.5. The van der Waals surface area contributed by atoms with Crippen molar-refractivity contribution in [2.45, 2.75) is 4.90 Å². The van der Waals surface area contributed by atoms with Gasteiger partial charge in [0.15, 0.2) is 0 Å². The number of halogens is 1. The van der Waals surface area contributed by atoms with Crippen molar-refractivity contribution >= 4 is 31.6 Å². The lowest BCUT2D eigenvalue weighted by molar-refractivity contribution is 0.447. The van der Waals surface area contributed by atoms with E-state index in [4.69, 9.17) is 11.6 Å². The second kappa shape index (κ2) is 7.37. The molecule has 0 aliphatic rings. The Morgan fingerprint density at radius 3 is 2.52 bits per heavy atom. The fourth-order valence-electron chi connectivity index (χ4n) is 1.56. The molecule has 0 saturated heterocycles. The molecule has 0 spiro atoms. The Bertz CT molecular complexity index is 702. The molecule has 0 radical (unpaired) electrons. The monoisotopic (exact) mass is 352 g/mol. The van der Waals surface area contributed by atoms with Crippen molar-refractivity contribution in [3.05, 3.63) is 41.9 Å². The highest BCUT2D eigenvalue weighted by atomic mass is 35.5. The van der Waals surface area contributed by atoms with Gasteiger partial charge in [-0.05, 0) is 18.2 Å². The van der Waals surface area contributed by atoms with Crippen LogP contribution in [0.15, 0.2) is 41.8 Å². The number of hydrogen-bond donors (Lipinski definition) is 1. The Morgan fingerprint density at radius 2 is 2.00 bits per heavy atom. The summed E-state index contributed by atoms with van der Waals surface area (Å²) in [6, 6.07) is 5.82. The number of sulfonamides is 2. The predicted octanol–water partition coefficient (Wildman–Crippen LogP) is 1.07. The van der Waals surface area contributed by atoms with Crippen LogP contribution in [0, 0.1) is 0 Å². The molecule has 0 aromatic heterocycles. The summed E-state index contributed by atoms with van der Waals surface area (Å²) in [6.07, 6.45) is 2.49. The molecule has 0 saturated carbocycles. The van der Waals surface area contributed by atoms with Gasteiger partial charge in [0.1, 0.15) is 0 Å². The Kier molecular flexibility index (Phi) is 6.36. The first-order chi connectivity index (χ1) is 9.66. The first kappa shape index (κ1) is 18.1. The van der Waals surface area contributed by atoms with Crippen LogP contribution < -0.4 is 4.72 Å². The van der Waals surface area contributed by atoms with E-state index in [1.54, 1.807) is 6.07 Å². The molecule has 0 aliphatic carbocycles. The van der Waals surface area contributed by atoms with E-state index in [-0.39, 0.29) is 24.5 Å². The van der Waals surface area contributed by atoms with Gasteiger partial charge < -0.3 is 0 Å². The Morgan fingerprint density at radius 1 is 1.33 bits per heavy atom.